The van der Waals surface area contributed by atoms with Gasteiger partial charge in [-0.2, -0.15) is 0 Å². The summed E-state index contributed by atoms with van der Waals surface area (Å²) in [5.74, 6) is 0.972. The third kappa shape index (κ3) is 3.23. The van der Waals surface area contributed by atoms with Gasteiger partial charge in [-0.25, -0.2) is 4.79 Å². The summed E-state index contributed by atoms with van der Waals surface area (Å²) in [6, 6.07) is 3.30. The van der Waals surface area contributed by atoms with E-state index in [2.05, 4.69) is 13.5 Å². The van der Waals surface area contributed by atoms with Gasteiger partial charge in [-0.05, 0) is 31.4 Å². The first kappa shape index (κ1) is 18.5. The predicted molar refractivity (Wildman–Crippen MR) is 101 cm³/mol. The average Bonchev–Trinajstić information content (AvgIpc) is 2.57. The SMILES string of the molecule is C=C(C)COc1cc2c(c3oc(=O)cc(CCC)c13)C(O)C(C)C(C)O2. The van der Waals surface area contributed by atoms with Crippen molar-refractivity contribution in [1.82, 2.24) is 0 Å². The van der Waals surface area contributed by atoms with Crippen molar-refractivity contribution >= 4 is 11.0 Å². The molecule has 1 aromatic carbocycles. The largest absolute Gasteiger partial charge is 0.490 e. The summed E-state index contributed by atoms with van der Waals surface area (Å²) < 4.78 is 17.5. The number of hydrogen-bond acceptors (Lipinski definition) is 5. The summed E-state index contributed by atoms with van der Waals surface area (Å²) >= 11 is 0. The number of aryl methyl sites for hydroxylation is 1. The number of benzene rings is 1. The molecule has 5 heteroatoms. The van der Waals surface area contributed by atoms with E-state index in [0.29, 0.717) is 35.7 Å². The molecule has 0 aliphatic carbocycles. The molecule has 1 aromatic heterocycles. The van der Waals surface area contributed by atoms with Gasteiger partial charge in [0.15, 0.2) is 5.58 Å². The Morgan fingerprint density at radius 1 is 1.35 bits per heavy atom. The molecular formula is C21H26O5. The number of aliphatic hydroxyl groups is 1. The fraction of sp³-hybridized carbons (Fsp3) is 0.476. The molecule has 2 aromatic rings. The van der Waals surface area contributed by atoms with Gasteiger partial charge in [-0.15, -0.1) is 0 Å². The Morgan fingerprint density at radius 3 is 2.73 bits per heavy atom. The normalized spacial score (nSPS) is 22.0. The van der Waals surface area contributed by atoms with E-state index in [-0.39, 0.29) is 12.0 Å². The van der Waals surface area contributed by atoms with Crippen molar-refractivity contribution in [3.05, 3.63) is 45.8 Å². The van der Waals surface area contributed by atoms with Gasteiger partial charge in [0.05, 0.1) is 17.1 Å². The Bertz CT molecular complexity index is 895. The van der Waals surface area contributed by atoms with Gasteiger partial charge in [0.2, 0.25) is 0 Å². The van der Waals surface area contributed by atoms with Crippen LogP contribution in [0.5, 0.6) is 11.5 Å². The highest BCUT2D eigenvalue weighted by molar-refractivity contribution is 5.91. The zero-order chi connectivity index (χ0) is 19.0. The molecule has 140 valence electrons. The summed E-state index contributed by atoms with van der Waals surface area (Å²) in [5.41, 5.74) is 2.20. The second-order valence-corrected chi connectivity index (χ2v) is 7.20. The molecule has 0 spiro atoms. The van der Waals surface area contributed by atoms with Gasteiger partial charge >= 0.3 is 5.63 Å². The molecule has 1 aliphatic rings. The van der Waals surface area contributed by atoms with Crippen LogP contribution in [-0.4, -0.2) is 17.8 Å². The molecule has 0 radical (unpaired) electrons. The smallest absolute Gasteiger partial charge is 0.336 e. The Hall–Kier alpha value is -2.27. The molecule has 0 fully saturated rings. The molecule has 3 unspecified atom stereocenters. The van der Waals surface area contributed by atoms with Crippen LogP contribution in [0.15, 0.2) is 33.5 Å². The van der Waals surface area contributed by atoms with Gasteiger partial charge in [-0.3, -0.25) is 0 Å². The Kier molecular flexibility index (Phi) is 5.10. The topological polar surface area (TPSA) is 68.9 Å². The second kappa shape index (κ2) is 7.16. The average molecular weight is 358 g/mol. The molecule has 0 bridgehead atoms. The summed E-state index contributed by atoms with van der Waals surface area (Å²) in [4.78, 5) is 12.2. The second-order valence-electron chi connectivity index (χ2n) is 7.20. The van der Waals surface area contributed by atoms with Crippen LogP contribution in [0.3, 0.4) is 0 Å². The van der Waals surface area contributed by atoms with Crippen molar-refractivity contribution in [3.63, 3.8) is 0 Å². The zero-order valence-electron chi connectivity index (χ0n) is 15.8. The molecule has 3 rings (SSSR count). The monoisotopic (exact) mass is 358 g/mol. The number of rotatable bonds is 5. The number of hydrogen-bond donors (Lipinski definition) is 1. The molecule has 1 N–H and O–H groups in total. The molecule has 1 aliphatic heterocycles. The highest BCUT2D eigenvalue weighted by Crippen LogP contribution is 2.46. The minimum absolute atomic E-state index is 0.118. The number of aliphatic hydroxyl groups excluding tert-OH is 1. The summed E-state index contributed by atoms with van der Waals surface area (Å²) in [5, 5.41) is 11.6. The van der Waals surface area contributed by atoms with Gasteiger partial charge in [0, 0.05) is 18.1 Å². The van der Waals surface area contributed by atoms with Crippen LogP contribution >= 0.6 is 0 Å². The third-order valence-electron chi connectivity index (χ3n) is 4.90. The predicted octanol–water partition coefficient (Wildman–Crippen LogP) is 4.15. The first-order valence-electron chi connectivity index (χ1n) is 9.09. The molecule has 3 atom stereocenters. The van der Waals surface area contributed by atoms with E-state index in [4.69, 9.17) is 13.9 Å². The Balaban J connectivity index is 2.32. The van der Waals surface area contributed by atoms with Gasteiger partial charge in [0.25, 0.3) is 0 Å². The molecule has 0 amide bonds. The first-order valence-corrected chi connectivity index (χ1v) is 9.09. The first-order chi connectivity index (χ1) is 12.3. The summed E-state index contributed by atoms with van der Waals surface area (Å²) in [6.45, 7) is 12.0. The van der Waals surface area contributed by atoms with Crippen molar-refractivity contribution < 1.29 is 19.0 Å². The summed E-state index contributed by atoms with van der Waals surface area (Å²) in [6.07, 6.45) is 0.663. The highest BCUT2D eigenvalue weighted by atomic mass is 16.5. The van der Waals surface area contributed by atoms with Crippen molar-refractivity contribution in [2.24, 2.45) is 5.92 Å². The Morgan fingerprint density at radius 2 is 2.08 bits per heavy atom. The molecular weight excluding hydrogens is 332 g/mol. The van der Waals surface area contributed by atoms with Gasteiger partial charge < -0.3 is 19.0 Å². The van der Waals surface area contributed by atoms with Crippen LogP contribution in [0.25, 0.3) is 11.0 Å². The van der Waals surface area contributed by atoms with Crippen molar-refractivity contribution in [2.45, 2.75) is 52.7 Å². The zero-order valence-corrected chi connectivity index (χ0v) is 15.8. The van der Waals surface area contributed by atoms with Crippen LogP contribution < -0.4 is 15.1 Å². The van der Waals surface area contributed by atoms with Crippen molar-refractivity contribution in [3.8, 4) is 11.5 Å². The molecule has 0 saturated heterocycles. The fourth-order valence-corrected chi connectivity index (χ4v) is 3.37. The Labute approximate surface area is 153 Å². The van der Waals surface area contributed by atoms with E-state index in [9.17, 15) is 9.90 Å². The van der Waals surface area contributed by atoms with Gasteiger partial charge in [0.1, 0.15) is 24.2 Å². The highest BCUT2D eigenvalue weighted by Gasteiger charge is 2.35. The van der Waals surface area contributed by atoms with Crippen LogP contribution in [0.1, 0.15) is 51.3 Å². The van der Waals surface area contributed by atoms with Gasteiger partial charge in [-0.1, -0.05) is 26.8 Å². The minimum Gasteiger partial charge on any atom is -0.490 e. The third-order valence-corrected chi connectivity index (χ3v) is 4.90. The van der Waals surface area contributed by atoms with E-state index < -0.39 is 11.7 Å². The van der Waals surface area contributed by atoms with E-state index in [0.717, 1.165) is 22.9 Å². The van der Waals surface area contributed by atoms with E-state index in [1.807, 2.05) is 20.8 Å². The van der Waals surface area contributed by atoms with Crippen LogP contribution in [0, 0.1) is 5.92 Å². The fourth-order valence-electron chi connectivity index (χ4n) is 3.37. The maximum atomic E-state index is 12.2. The maximum absolute atomic E-state index is 12.2. The number of fused-ring (bicyclic) bond motifs is 3. The quantitative estimate of drug-likeness (QED) is 0.642. The standard InChI is InChI=1S/C21H26O5/c1-6-7-14-8-17(22)26-21-18(14)15(24-10-11(2)3)9-16-19(21)20(23)12(4)13(5)25-16/h8-9,12-13,20,23H,2,6-7,10H2,1,3-5H3. The van der Waals surface area contributed by atoms with Crippen LogP contribution in [0.2, 0.25) is 0 Å². The molecule has 26 heavy (non-hydrogen) atoms. The lowest BCUT2D eigenvalue weighted by Gasteiger charge is -2.34. The molecule has 5 nitrogen and oxygen atoms in total. The maximum Gasteiger partial charge on any atom is 0.336 e. The lowest BCUT2D eigenvalue weighted by Crippen LogP contribution is -2.32. The number of ether oxygens (including phenoxy) is 2. The van der Waals surface area contributed by atoms with Crippen molar-refractivity contribution in [1.29, 1.82) is 0 Å². The lowest BCUT2D eigenvalue weighted by atomic mass is 9.88. The van der Waals surface area contributed by atoms with E-state index in [1.54, 1.807) is 6.07 Å². The van der Waals surface area contributed by atoms with Crippen LogP contribution in [-0.2, 0) is 6.42 Å². The summed E-state index contributed by atoms with van der Waals surface area (Å²) in [7, 11) is 0. The lowest BCUT2D eigenvalue weighted by molar-refractivity contribution is 0.0178. The van der Waals surface area contributed by atoms with E-state index >= 15 is 0 Å². The van der Waals surface area contributed by atoms with Crippen LogP contribution in [0.4, 0.5) is 0 Å². The van der Waals surface area contributed by atoms with E-state index in [1.165, 1.54) is 6.07 Å². The molecule has 2 heterocycles. The molecule has 0 saturated carbocycles. The minimum atomic E-state index is -0.772. The van der Waals surface area contributed by atoms with Crippen molar-refractivity contribution in [2.75, 3.05) is 6.61 Å².